The lowest BCUT2D eigenvalue weighted by atomic mass is 10.0. The zero-order valence-electron chi connectivity index (χ0n) is 12.4. The molecule has 1 atom stereocenters. The van der Waals surface area contributed by atoms with Crippen molar-refractivity contribution in [3.63, 3.8) is 0 Å². The topological polar surface area (TPSA) is 58.4 Å². The van der Waals surface area contributed by atoms with Gasteiger partial charge < -0.3 is 16.0 Å². The Labute approximate surface area is 121 Å². The van der Waals surface area contributed by atoms with E-state index in [-0.39, 0.29) is 11.8 Å². The van der Waals surface area contributed by atoms with Gasteiger partial charge in [0, 0.05) is 24.5 Å². The Morgan fingerprint density at radius 1 is 1.15 bits per heavy atom. The summed E-state index contributed by atoms with van der Waals surface area (Å²) in [5.74, 6) is 0.0216. The molecular formula is C16H25N3O. The van der Waals surface area contributed by atoms with Crippen LogP contribution >= 0.6 is 0 Å². The third kappa shape index (κ3) is 3.73. The van der Waals surface area contributed by atoms with Gasteiger partial charge in [0.25, 0.3) is 0 Å². The molecule has 0 saturated carbocycles. The van der Waals surface area contributed by atoms with Crippen molar-refractivity contribution in [1.29, 1.82) is 0 Å². The van der Waals surface area contributed by atoms with Crippen molar-refractivity contribution in [2.75, 3.05) is 23.3 Å². The Balaban J connectivity index is 1.96. The van der Waals surface area contributed by atoms with Crippen LogP contribution in [0.1, 0.15) is 33.1 Å². The van der Waals surface area contributed by atoms with Gasteiger partial charge in [-0.05, 0) is 49.4 Å². The van der Waals surface area contributed by atoms with E-state index in [9.17, 15) is 4.79 Å². The smallest absolute Gasteiger partial charge is 0.241 e. The van der Waals surface area contributed by atoms with Crippen molar-refractivity contribution < 1.29 is 4.79 Å². The van der Waals surface area contributed by atoms with E-state index < -0.39 is 6.04 Å². The number of carbonyl (C=O) groups is 1. The molecule has 110 valence electrons. The van der Waals surface area contributed by atoms with Crippen LogP contribution in [0.4, 0.5) is 11.4 Å². The molecule has 3 N–H and O–H groups in total. The number of nitrogens with one attached hydrogen (secondary N) is 1. The number of nitrogens with zero attached hydrogens (tertiary/aromatic N) is 1. The van der Waals surface area contributed by atoms with Gasteiger partial charge in [-0.3, -0.25) is 4.79 Å². The van der Waals surface area contributed by atoms with Gasteiger partial charge in [0.2, 0.25) is 5.91 Å². The van der Waals surface area contributed by atoms with Crippen molar-refractivity contribution in [2.24, 2.45) is 11.7 Å². The Morgan fingerprint density at radius 2 is 1.75 bits per heavy atom. The molecular weight excluding hydrogens is 250 g/mol. The van der Waals surface area contributed by atoms with Crippen LogP contribution in [0.2, 0.25) is 0 Å². The fourth-order valence-corrected chi connectivity index (χ4v) is 2.44. The van der Waals surface area contributed by atoms with Crippen LogP contribution in [0.5, 0.6) is 0 Å². The van der Waals surface area contributed by atoms with Gasteiger partial charge in [0.1, 0.15) is 0 Å². The highest BCUT2D eigenvalue weighted by molar-refractivity contribution is 5.94. The summed E-state index contributed by atoms with van der Waals surface area (Å²) >= 11 is 0. The molecule has 1 fully saturated rings. The molecule has 1 aliphatic rings. The highest BCUT2D eigenvalue weighted by Gasteiger charge is 2.17. The zero-order chi connectivity index (χ0) is 14.5. The van der Waals surface area contributed by atoms with Crippen LogP contribution in [-0.4, -0.2) is 25.0 Å². The number of hydrogen-bond acceptors (Lipinski definition) is 3. The number of hydrogen-bond donors (Lipinski definition) is 2. The minimum Gasteiger partial charge on any atom is -0.372 e. The highest BCUT2D eigenvalue weighted by Crippen LogP contribution is 2.21. The summed E-state index contributed by atoms with van der Waals surface area (Å²) in [6.45, 7) is 6.15. The summed E-state index contributed by atoms with van der Waals surface area (Å²) in [6.07, 6.45) is 3.86. The standard InChI is InChI=1S/C16H25N3O/c1-12(2)15(17)16(20)18-13-6-8-14(9-7-13)19-10-4-3-5-11-19/h6-9,12,15H,3-5,10-11,17H2,1-2H3,(H,18,20)/t15-/m1/s1. The van der Waals surface area contributed by atoms with Crippen LogP contribution in [0.15, 0.2) is 24.3 Å². The van der Waals surface area contributed by atoms with E-state index in [1.165, 1.54) is 24.9 Å². The van der Waals surface area contributed by atoms with Crippen LogP contribution in [0, 0.1) is 5.92 Å². The van der Waals surface area contributed by atoms with Gasteiger partial charge in [-0.1, -0.05) is 13.8 Å². The Morgan fingerprint density at radius 3 is 2.30 bits per heavy atom. The maximum atomic E-state index is 11.9. The summed E-state index contributed by atoms with van der Waals surface area (Å²) in [4.78, 5) is 14.3. The molecule has 4 nitrogen and oxygen atoms in total. The molecule has 1 amide bonds. The third-order valence-electron chi connectivity index (χ3n) is 3.88. The van der Waals surface area contributed by atoms with Gasteiger partial charge in [-0.25, -0.2) is 0 Å². The monoisotopic (exact) mass is 275 g/mol. The molecule has 1 aliphatic heterocycles. The molecule has 0 unspecified atom stereocenters. The number of piperidine rings is 1. The molecule has 0 aliphatic carbocycles. The lowest BCUT2D eigenvalue weighted by Gasteiger charge is -2.28. The zero-order valence-corrected chi connectivity index (χ0v) is 12.4. The summed E-state index contributed by atoms with van der Waals surface area (Å²) in [5.41, 5.74) is 7.88. The number of benzene rings is 1. The SMILES string of the molecule is CC(C)[C@@H](N)C(=O)Nc1ccc(N2CCCCC2)cc1. The van der Waals surface area contributed by atoms with Crippen molar-refractivity contribution in [3.05, 3.63) is 24.3 Å². The van der Waals surface area contributed by atoms with Crippen molar-refractivity contribution in [3.8, 4) is 0 Å². The minimum absolute atomic E-state index is 0.120. The number of rotatable bonds is 4. The van der Waals surface area contributed by atoms with Crippen LogP contribution < -0.4 is 16.0 Å². The predicted octanol–water partition coefficient (Wildman–Crippen LogP) is 2.60. The number of amides is 1. The molecule has 2 rings (SSSR count). The molecule has 0 radical (unpaired) electrons. The van der Waals surface area contributed by atoms with Crippen molar-refractivity contribution in [1.82, 2.24) is 0 Å². The summed E-state index contributed by atoms with van der Waals surface area (Å²) < 4.78 is 0. The minimum atomic E-state index is -0.461. The average Bonchev–Trinajstić information content (AvgIpc) is 2.48. The molecule has 1 heterocycles. The first-order chi connectivity index (χ1) is 9.58. The summed E-state index contributed by atoms with van der Waals surface area (Å²) in [6, 6.07) is 7.59. The van der Waals surface area contributed by atoms with Crippen LogP contribution in [-0.2, 0) is 4.79 Å². The first-order valence-electron chi connectivity index (χ1n) is 7.49. The summed E-state index contributed by atoms with van der Waals surface area (Å²) in [5, 5.41) is 2.87. The number of nitrogens with two attached hydrogens (primary N) is 1. The number of anilines is 2. The van der Waals surface area contributed by atoms with Crippen LogP contribution in [0.25, 0.3) is 0 Å². The second-order valence-corrected chi connectivity index (χ2v) is 5.85. The first-order valence-corrected chi connectivity index (χ1v) is 7.49. The van der Waals surface area contributed by atoms with Crippen molar-refractivity contribution in [2.45, 2.75) is 39.2 Å². The van der Waals surface area contributed by atoms with Gasteiger partial charge in [0.05, 0.1) is 6.04 Å². The Bertz CT molecular complexity index is 436. The fraction of sp³-hybridized carbons (Fsp3) is 0.562. The van der Waals surface area contributed by atoms with E-state index in [0.29, 0.717) is 0 Å². The molecule has 0 bridgehead atoms. The van der Waals surface area contributed by atoms with Crippen molar-refractivity contribution >= 4 is 17.3 Å². The lowest BCUT2D eigenvalue weighted by molar-refractivity contribution is -0.118. The first kappa shape index (κ1) is 14.9. The molecule has 0 spiro atoms. The Kier molecular flexibility index (Phi) is 5.01. The van der Waals surface area contributed by atoms with E-state index in [1.54, 1.807) is 0 Å². The molecule has 1 saturated heterocycles. The fourth-order valence-electron chi connectivity index (χ4n) is 2.44. The Hall–Kier alpha value is -1.55. The van der Waals surface area contributed by atoms with E-state index in [0.717, 1.165) is 18.8 Å². The third-order valence-corrected chi connectivity index (χ3v) is 3.88. The van der Waals surface area contributed by atoms with Crippen LogP contribution in [0.3, 0.4) is 0 Å². The van der Waals surface area contributed by atoms with E-state index in [2.05, 4.69) is 22.3 Å². The second kappa shape index (κ2) is 6.75. The van der Waals surface area contributed by atoms with E-state index in [1.807, 2.05) is 26.0 Å². The highest BCUT2D eigenvalue weighted by atomic mass is 16.2. The van der Waals surface area contributed by atoms with Gasteiger partial charge in [-0.15, -0.1) is 0 Å². The van der Waals surface area contributed by atoms with E-state index >= 15 is 0 Å². The number of carbonyl (C=O) groups excluding carboxylic acids is 1. The lowest BCUT2D eigenvalue weighted by Crippen LogP contribution is -2.39. The molecule has 20 heavy (non-hydrogen) atoms. The average molecular weight is 275 g/mol. The quantitative estimate of drug-likeness (QED) is 0.888. The molecule has 0 aromatic heterocycles. The predicted molar refractivity (Wildman–Crippen MR) is 83.9 cm³/mol. The summed E-state index contributed by atoms with van der Waals surface area (Å²) in [7, 11) is 0. The normalized spacial score (nSPS) is 17.1. The second-order valence-electron chi connectivity index (χ2n) is 5.85. The molecule has 1 aromatic carbocycles. The van der Waals surface area contributed by atoms with Gasteiger partial charge in [0.15, 0.2) is 0 Å². The molecule has 4 heteroatoms. The largest absolute Gasteiger partial charge is 0.372 e. The van der Waals surface area contributed by atoms with Gasteiger partial charge in [-0.2, -0.15) is 0 Å². The molecule has 1 aromatic rings. The van der Waals surface area contributed by atoms with Gasteiger partial charge >= 0.3 is 0 Å². The maximum Gasteiger partial charge on any atom is 0.241 e. The van der Waals surface area contributed by atoms with E-state index in [4.69, 9.17) is 5.73 Å². The maximum absolute atomic E-state index is 11.9.